The van der Waals surface area contributed by atoms with Gasteiger partial charge in [-0.15, -0.1) is 0 Å². The van der Waals surface area contributed by atoms with Crippen molar-refractivity contribution in [1.82, 2.24) is 25.3 Å². The van der Waals surface area contributed by atoms with Crippen molar-refractivity contribution in [2.45, 2.75) is 45.2 Å². The van der Waals surface area contributed by atoms with Gasteiger partial charge in [-0.05, 0) is 19.4 Å². The number of anilines is 1. The van der Waals surface area contributed by atoms with E-state index in [0.717, 1.165) is 45.1 Å². The van der Waals surface area contributed by atoms with E-state index in [1.165, 1.54) is 0 Å². The van der Waals surface area contributed by atoms with E-state index in [1.807, 2.05) is 30.7 Å². The van der Waals surface area contributed by atoms with Gasteiger partial charge in [0.2, 0.25) is 0 Å². The van der Waals surface area contributed by atoms with Crippen molar-refractivity contribution >= 4 is 12.2 Å². The molecule has 2 aliphatic heterocycles. The number of alkyl halides is 3. The van der Waals surface area contributed by atoms with E-state index < -0.39 is 17.3 Å². The number of aromatic nitrogens is 2. The van der Waals surface area contributed by atoms with E-state index in [1.54, 1.807) is 18.7 Å². The Morgan fingerprint density at radius 1 is 1.00 bits per heavy atom. The lowest BCUT2D eigenvalue weighted by atomic mass is 9.95. The van der Waals surface area contributed by atoms with Crippen molar-refractivity contribution in [2.24, 2.45) is 4.99 Å². The van der Waals surface area contributed by atoms with Crippen LogP contribution in [0.1, 0.15) is 45.1 Å². The van der Waals surface area contributed by atoms with E-state index in [-0.39, 0.29) is 5.82 Å². The Morgan fingerprint density at radius 3 is 2.30 bits per heavy atom. The third kappa shape index (κ3) is 6.07. The Balaban J connectivity index is 1.52. The van der Waals surface area contributed by atoms with Gasteiger partial charge in [0.1, 0.15) is 23.7 Å². The summed E-state index contributed by atoms with van der Waals surface area (Å²) in [5.41, 5.74) is 1.68. The Morgan fingerprint density at radius 2 is 1.70 bits per heavy atom. The summed E-state index contributed by atoms with van der Waals surface area (Å²) < 4.78 is 40.0. The quantitative estimate of drug-likeness (QED) is 0.707. The summed E-state index contributed by atoms with van der Waals surface area (Å²) in [6.45, 7) is 10.3. The third-order valence-electron chi connectivity index (χ3n) is 5.10. The Kier molecular flexibility index (Phi) is 6.84. The highest BCUT2D eigenvalue weighted by Crippen LogP contribution is 2.32. The number of nitrogens with one attached hydrogen (secondary N) is 1. The molecule has 1 aromatic heterocycles. The maximum absolute atomic E-state index is 13.3. The average molecular weight is 426 g/mol. The molecule has 0 saturated carbocycles. The van der Waals surface area contributed by atoms with Gasteiger partial charge in [-0.25, -0.2) is 15.0 Å². The smallest absolute Gasteiger partial charge is 0.354 e. The molecule has 2 aliphatic rings. The van der Waals surface area contributed by atoms with Gasteiger partial charge in [0.05, 0.1) is 0 Å². The van der Waals surface area contributed by atoms with Crippen LogP contribution in [0.3, 0.4) is 0 Å². The van der Waals surface area contributed by atoms with Crippen molar-refractivity contribution < 1.29 is 13.2 Å². The molecule has 1 aromatic rings. The highest BCUT2D eigenvalue weighted by Gasteiger charge is 2.35. The van der Waals surface area contributed by atoms with Gasteiger partial charge in [-0.1, -0.05) is 20.8 Å². The molecule has 0 radical (unpaired) electrons. The Hall–Kier alpha value is -2.36. The molecule has 166 valence electrons. The molecule has 0 unspecified atom stereocenters. The fourth-order valence-corrected chi connectivity index (χ4v) is 3.34. The third-order valence-corrected chi connectivity index (χ3v) is 5.10. The van der Waals surface area contributed by atoms with Crippen LogP contribution in [0.25, 0.3) is 0 Å². The van der Waals surface area contributed by atoms with Crippen LogP contribution < -0.4 is 10.3 Å². The number of unbranched alkanes of at least 4 members (excludes halogenated alkanes) is 1. The second-order valence-electron chi connectivity index (χ2n) is 8.62. The lowest BCUT2D eigenvalue weighted by Crippen LogP contribution is -2.47. The highest BCUT2D eigenvalue weighted by molar-refractivity contribution is 5.56. The molecule has 10 heteroatoms. The summed E-state index contributed by atoms with van der Waals surface area (Å²) in [6.07, 6.45) is 2.86. The van der Waals surface area contributed by atoms with Crippen molar-refractivity contribution in [3.05, 3.63) is 30.0 Å². The van der Waals surface area contributed by atoms with Crippen LogP contribution in [0.4, 0.5) is 19.0 Å². The molecule has 0 aliphatic carbocycles. The van der Waals surface area contributed by atoms with Gasteiger partial charge in [-0.3, -0.25) is 9.91 Å². The molecule has 30 heavy (non-hydrogen) atoms. The maximum atomic E-state index is 13.3. The van der Waals surface area contributed by atoms with Crippen molar-refractivity contribution in [3.63, 3.8) is 0 Å². The summed E-state index contributed by atoms with van der Waals surface area (Å²) in [5, 5.41) is 1.94. The molecular formula is C20H30F3N7. The molecule has 0 atom stereocenters. The number of hydrogen-bond donors (Lipinski definition) is 1. The number of hydrogen-bond acceptors (Lipinski definition) is 7. The largest absolute Gasteiger partial charge is 0.433 e. The maximum Gasteiger partial charge on any atom is 0.433 e. The van der Waals surface area contributed by atoms with Crippen LogP contribution in [0.15, 0.2) is 23.5 Å². The molecule has 0 bridgehead atoms. The summed E-state index contributed by atoms with van der Waals surface area (Å²) in [5.74, 6) is 0.588. The monoisotopic (exact) mass is 425 g/mol. The summed E-state index contributed by atoms with van der Waals surface area (Å²) in [6, 6.07) is 1.08. The first-order chi connectivity index (χ1) is 14.1. The van der Waals surface area contributed by atoms with Gasteiger partial charge >= 0.3 is 6.18 Å². The fraction of sp³-hybridized carbons (Fsp3) is 0.650. The second kappa shape index (κ2) is 9.20. The fourth-order valence-electron chi connectivity index (χ4n) is 3.34. The van der Waals surface area contributed by atoms with E-state index in [9.17, 15) is 13.2 Å². The number of hydrazine groups is 1. The van der Waals surface area contributed by atoms with Crippen LogP contribution in [0.2, 0.25) is 0 Å². The van der Waals surface area contributed by atoms with Gasteiger partial charge in [0, 0.05) is 56.6 Å². The minimum atomic E-state index is -4.48. The predicted octanol–water partition coefficient (Wildman–Crippen LogP) is 3.01. The summed E-state index contributed by atoms with van der Waals surface area (Å²) >= 11 is 0. The summed E-state index contributed by atoms with van der Waals surface area (Å²) in [7, 11) is 0. The zero-order chi connectivity index (χ0) is 21.8. The topological polar surface area (TPSA) is 59.9 Å². The van der Waals surface area contributed by atoms with Crippen LogP contribution in [0, 0.1) is 0 Å². The minimum absolute atomic E-state index is 0.222. The van der Waals surface area contributed by atoms with Crippen LogP contribution in [-0.4, -0.2) is 65.5 Å². The van der Waals surface area contributed by atoms with Crippen molar-refractivity contribution in [3.8, 4) is 0 Å². The standard InChI is InChI=1S/C20H30F3N7/c1-19(2,3)18-26-16(20(21,22)23)14-17(27-18)29-12-10-28(11-13-29)8-4-5-9-30-15-24-6-7-25-30/h6-7,14-15,25H,4-5,8-13H2,1-3H3. The number of rotatable bonds is 6. The van der Waals surface area contributed by atoms with Gasteiger partial charge in [-0.2, -0.15) is 13.2 Å². The zero-order valence-corrected chi connectivity index (χ0v) is 17.8. The van der Waals surface area contributed by atoms with Crippen LogP contribution in [0.5, 0.6) is 0 Å². The molecular weight excluding hydrogens is 395 g/mol. The molecule has 1 N–H and O–H groups in total. The second-order valence-corrected chi connectivity index (χ2v) is 8.62. The molecule has 3 rings (SSSR count). The molecule has 0 aromatic carbocycles. The lowest BCUT2D eigenvalue weighted by molar-refractivity contribution is -0.141. The zero-order valence-electron chi connectivity index (χ0n) is 17.8. The highest BCUT2D eigenvalue weighted by atomic mass is 19.4. The number of nitrogens with zero attached hydrogens (tertiary/aromatic N) is 6. The Bertz CT molecular complexity index is 730. The SMILES string of the molecule is CC(C)(C)c1nc(N2CCN(CCCCN3C=NC=CN3)CC2)cc(C(F)(F)F)n1. The van der Waals surface area contributed by atoms with Gasteiger partial charge in [0.15, 0.2) is 0 Å². The first-order valence-electron chi connectivity index (χ1n) is 10.3. The van der Waals surface area contributed by atoms with Crippen molar-refractivity contribution in [1.29, 1.82) is 0 Å². The molecule has 3 heterocycles. The van der Waals surface area contributed by atoms with E-state index >= 15 is 0 Å². The van der Waals surface area contributed by atoms with Gasteiger partial charge in [0.25, 0.3) is 0 Å². The van der Waals surface area contributed by atoms with E-state index in [4.69, 9.17) is 0 Å². The van der Waals surface area contributed by atoms with Crippen LogP contribution >= 0.6 is 0 Å². The molecule has 1 saturated heterocycles. The lowest BCUT2D eigenvalue weighted by Gasteiger charge is -2.36. The molecule has 7 nitrogen and oxygen atoms in total. The van der Waals surface area contributed by atoms with Crippen molar-refractivity contribution in [2.75, 3.05) is 44.2 Å². The normalized spacial score (nSPS) is 18.1. The first kappa shape index (κ1) is 22.3. The molecule has 1 fully saturated rings. The Labute approximate surface area is 175 Å². The minimum Gasteiger partial charge on any atom is -0.354 e. The van der Waals surface area contributed by atoms with E-state index in [0.29, 0.717) is 18.9 Å². The predicted molar refractivity (Wildman–Crippen MR) is 111 cm³/mol. The number of aliphatic imine (C=N–C) groups is 1. The molecule has 0 amide bonds. The average Bonchev–Trinajstić information content (AvgIpc) is 2.71. The summed E-state index contributed by atoms with van der Waals surface area (Å²) in [4.78, 5) is 16.6. The van der Waals surface area contributed by atoms with E-state index in [2.05, 4.69) is 25.3 Å². The first-order valence-corrected chi connectivity index (χ1v) is 10.3. The number of halogens is 3. The number of piperazine rings is 1. The van der Waals surface area contributed by atoms with Crippen LogP contribution in [-0.2, 0) is 11.6 Å². The molecule has 0 spiro atoms. The van der Waals surface area contributed by atoms with Gasteiger partial charge < -0.3 is 10.3 Å².